The molecule has 3 atom stereocenters. The minimum atomic E-state index is -3.90. The molecular weight excluding hydrogens is 631 g/mol. The van der Waals surface area contributed by atoms with Crippen LogP contribution in [0.3, 0.4) is 0 Å². The topological polar surface area (TPSA) is 190 Å². The van der Waals surface area contributed by atoms with Gasteiger partial charge in [0.1, 0.15) is 6.04 Å². The Morgan fingerprint density at radius 3 is 2.38 bits per heavy atom. The second-order valence-corrected chi connectivity index (χ2v) is 14.9. The van der Waals surface area contributed by atoms with E-state index in [1.807, 2.05) is 0 Å². The van der Waals surface area contributed by atoms with E-state index >= 15 is 0 Å². The van der Waals surface area contributed by atoms with Gasteiger partial charge in [-0.3, -0.25) is 28.3 Å². The van der Waals surface area contributed by atoms with Crippen LogP contribution >= 0.6 is 19.4 Å². The van der Waals surface area contributed by atoms with Gasteiger partial charge in [0, 0.05) is 28.7 Å². The quantitative estimate of drug-likeness (QED) is 0.0963. The number of carbonyl (C=O) groups is 6. The van der Waals surface area contributed by atoms with Crippen LogP contribution in [-0.4, -0.2) is 86.5 Å². The molecule has 1 aromatic rings. The Hall–Kier alpha value is -3.26. The van der Waals surface area contributed by atoms with Crippen molar-refractivity contribution >= 4 is 54.2 Å². The van der Waals surface area contributed by atoms with Crippen LogP contribution in [0.25, 0.3) is 0 Å². The molecule has 0 radical (unpaired) electrons. The third-order valence-electron chi connectivity index (χ3n) is 6.61. The molecule has 1 aromatic carbocycles. The number of esters is 2. The maximum Gasteiger partial charge on any atom is 0.410 e. The number of hydrogen-bond acceptors (Lipinski definition) is 13. The molecule has 16 heteroatoms. The van der Waals surface area contributed by atoms with Gasteiger partial charge in [-0.05, 0) is 0 Å². The first-order valence-electron chi connectivity index (χ1n) is 14.1. The Morgan fingerprint density at radius 2 is 1.76 bits per heavy atom. The smallest absolute Gasteiger partial charge is 0.410 e. The van der Waals surface area contributed by atoms with Gasteiger partial charge in [-0.2, -0.15) is 0 Å². The molecular formula is C29H41N2O12PS. The highest BCUT2D eigenvalue weighted by molar-refractivity contribution is 8.13. The minimum absolute atomic E-state index is 0.0248. The zero-order valence-corrected chi connectivity index (χ0v) is 28.0. The average molecular weight is 673 g/mol. The predicted octanol–water partition coefficient (Wildman–Crippen LogP) is 3.33. The van der Waals surface area contributed by atoms with Crippen molar-refractivity contribution in [2.45, 2.75) is 47.1 Å². The molecule has 1 unspecified atom stereocenters. The summed E-state index contributed by atoms with van der Waals surface area (Å²) in [5.74, 6) is -3.41. The van der Waals surface area contributed by atoms with Crippen LogP contribution < -0.4 is 10.6 Å². The predicted molar refractivity (Wildman–Crippen MR) is 163 cm³/mol. The first-order valence-corrected chi connectivity index (χ1v) is 16.8. The van der Waals surface area contributed by atoms with Crippen LogP contribution in [-0.2, 0) is 47.0 Å². The fourth-order valence-corrected chi connectivity index (χ4v) is 6.87. The maximum absolute atomic E-state index is 13.3. The van der Waals surface area contributed by atoms with Crippen molar-refractivity contribution in [2.75, 3.05) is 45.6 Å². The van der Waals surface area contributed by atoms with Crippen molar-refractivity contribution in [3.63, 3.8) is 0 Å². The zero-order valence-electron chi connectivity index (χ0n) is 26.2. The SMILES string of the molecule is COC(=O)CCNC(=O)[C@@H]1CP(=O)(OCOC(=O)N[C@@H](CSC(=O)C(C)(C)C)C(=O)OCC(=O)c2ccccc2)OCC1(C)C. The number of benzene rings is 1. The summed E-state index contributed by atoms with van der Waals surface area (Å²) in [6.07, 6.45) is -1.51. The molecule has 2 N–H and O–H groups in total. The first-order chi connectivity index (χ1) is 21.0. The lowest BCUT2D eigenvalue weighted by molar-refractivity contribution is -0.144. The Labute approximate surface area is 266 Å². The largest absolute Gasteiger partial charge is 0.469 e. The standard InChI is InChI=1S/C29H41N2O12PS/c1-28(2,3)26(36)45-16-21(25(35)40-14-22(32)19-10-8-7-9-11-19)31-27(37)41-18-43-44(38)15-20(29(4,5)17-42-44)24(34)30-13-12-23(33)39-6/h7-11,20-21H,12-18H2,1-6H3,(H,30,34)(H,31,37)/t20-,21-,44?/m0/s1. The van der Waals surface area contributed by atoms with Gasteiger partial charge in [0.15, 0.2) is 17.5 Å². The van der Waals surface area contributed by atoms with Crippen LogP contribution in [0.1, 0.15) is 51.4 Å². The third-order valence-corrected chi connectivity index (χ3v) is 9.81. The summed E-state index contributed by atoms with van der Waals surface area (Å²) in [5.41, 5.74) is -1.12. The van der Waals surface area contributed by atoms with Crippen molar-refractivity contribution in [1.82, 2.24) is 10.6 Å². The van der Waals surface area contributed by atoms with Gasteiger partial charge in [-0.25, -0.2) is 9.59 Å². The fraction of sp³-hybridized carbons (Fsp3) is 0.586. The number of carbonyl (C=O) groups excluding carboxylic acids is 6. The van der Waals surface area contributed by atoms with Gasteiger partial charge in [-0.15, -0.1) is 0 Å². The van der Waals surface area contributed by atoms with Crippen molar-refractivity contribution in [2.24, 2.45) is 16.7 Å². The summed E-state index contributed by atoms with van der Waals surface area (Å²) in [7, 11) is -2.67. The number of methoxy groups -OCH3 is 1. The van der Waals surface area contributed by atoms with E-state index < -0.39 is 73.5 Å². The highest BCUT2D eigenvalue weighted by Crippen LogP contribution is 2.57. The number of amides is 2. The van der Waals surface area contributed by atoms with Gasteiger partial charge in [0.05, 0.1) is 32.2 Å². The maximum atomic E-state index is 13.3. The molecule has 1 aliphatic heterocycles. The molecule has 45 heavy (non-hydrogen) atoms. The molecule has 0 aromatic heterocycles. The zero-order chi connectivity index (χ0) is 33.8. The Balaban J connectivity index is 1.97. The number of hydrogen-bond donors (Lipinski definition) is 2. The normalized spacial score (nSPS) is 19.8. The van der Waals surface area contributed by atoms with Gasteiger partial charge in [0.25, 0.3) is 0 Å². The fourth-order valence-electron chi connectivity index (χ4n) is 3.76. The molecule has 0 aliphatic carbocycles. The van der Waals surface area contributed by atoms with Crippen molar-refractivity contribution in [1.29, 1.82) is 0 Å². The van der Waals surface area contributed by atoms with E-state index in [0.717, 1.165) is 11.8 Å². The molecule has 1 fully saturated rings. The highest BCUT2D eigenvalue weighted by Gasteiger charge is 2.47. The van der Waals surface area contributed by atoms with Crippen LogP contribution in [0.4, 0.5) is 4.79 Å². The first kappa shape index (κ1) is 37.9. The molecule has 2 rings (SSSR count). The number of ether oxygens (including phenoxy) is 3. The van der Waals surface area contributed by atoms with E-state index in [0.29, 0.717) is 5.56 Å². The monoisotopic (exact) mass is 672 g/mol. The number of rotatable bonds is 14. The number of nitrogens with one attached hydrogen (secondary N) is 2. The molecule has 250 valence electrons. The summed E-state index contributed by atoms with van der Waals surface area (Å²) in [4.78, 5) is 74.3. The highest BCUT2D eigenvalue weighted by atomic mass is 32.2. The Bertz CT molecular complexity index is 1280. The molecule has 2 amide bonds. The summed E-state index contributed by atoms with van der Waals surface area (Å²) >= 11 is 0.795. The van der Waals surface area contributed by atoms with Crippen LogP contribution in [0.2, 0.25) is 0 Å². The van der Waals surface area contributed by atoms with Crippen molar-refractivity contribution < 1.29 is 56.6 Å². The van der Waals surface area contributed by atoms with E-state index in [1.165, 1.54) is 7.11 Å². The Kier molecular flexibility index (Phi) is 14.2. The van der Waals surface area contributed by atoms with E-state index in [9.17, 15) is 33.3 Å². The van der Waals surface area contributed by atoms with Crippen molar-refractivity contribution in [3.05, 3.63) is 35.9 Å². The lowest BCUT2D eigenvalue weighted by Crippen LogP contribution is -2.46. The van der Waals surface area contributed by atoms with Gasteiger partial charge >= 0.3 is 25.6 Å². The molecule has 0 bridgehead atoms. The molecule has 0 spiro atoms. The number of thioether (sulfide) groups is 1. The average Bonchev–Trinajstić information content (AvgIpc) is 2.98. The molecule has 1 heterocycles. The molecule has 0 saturated carbocycles. The number of alkyl carbamates (subject to hydrolysis) is 1. The lowest BCUT2D eigenvalue weighted by Gasteiger charge is -2.40. The molecule has 14 nitrogen and oxygen atoms in total. The number of Topliss-reactive ketones (excluding diaryl/α,β-unsaturated/α-hetero) is 1. The summed E-state index contributed by atoms with van der Waals surface area (Å²) in [6.45, 7) is 7.07. The van der Waals surface area contributed by atoms with Gasteiger partial charge in [-0.1, -0.05) is 76.7 Å². The number of ketones is 1. The second-order valence-electron chi connectivity index (χ2n) is 11.8. The van der Waals surface area contributed by atoms with Crippen molar-refractivity contribution in [3.8, 4) is 0 Å². The summed E-state index contributed by atoms with van der Waals surface area (Å²) in [6, 6.07) is 6.78. The van der Waals surface area contributed by atoms with E-state index in [1.54, 1.807) is 65.0 Å². The van der Waals surface area contributed by atoms with Gasteiger partial charge < -0.3 is 29.4 Å². The van der Waals surface area contributed by atoms with E-state index in [-0.39, 0.29) is 36.6 Å². The Morgan fingerprint density at radius 1 is 1.09 bits per heavy atom. The van der Waals surface area contributed by atoms with E-state index in [2.05, 4.69) is 15.4 Å². The molecule has 1 aliphatic rings. The van der Waals surface area contributed by atoms with E-state index in [4.69, 9.17) is 18.5 Å². The summed E-state index contributed by atoms with van der Waals surface area (Å²) < 4.78 is 38.6. The van der Waals surface area contributed by atoms with Crippen LogP contribution in [0.15, 0.2) is 30.3 Å². The van der Waals surface area contributed by atoms with Crippen LogP contribution in [0.5, 0.6) is 0 Å². The van der Waals surface area contributed by atoms with Crippen LogP contribution in [0, 0.1) is 16.7 Å². The minimum Gasteiger partial charge on any atom is -0.469 e. The molecule has 1 saturated heterocycles. The third kappa shape index (κ3) is 12.6. The second kappa shape index (κ2) is 16.9. The van der Waals surface area contributed by atoms with Gasteiger partial charge in [0.2, 0.25) is 12.7 Å². The summed E-state index contributed by atoms with van der Waals surface area (Å²) in [5, 5.41) is 4.65. The lowest BCUT2D eigenvalue weighted by atomic mass is 9.80.